The van der Waals surface area contributed by atoms with Gasteiger partial charge in [0.1, 0.15) is 0 Å². The van der Waals surface area contributed by atoms with E-state index in [2.05, 4.69) is 0 Å². The summed E-state index contributed by atoms with van der Waals surface area (Å²) in [5, 5.41) is 0. The fourth-order valence-corrected chi connectivity index (χ4v) is 2.42. The van der Waals surface area contributed by atoms with Crippen molar-refractivity contribution in [3.8, 4) is 11.1 Å². The summed E-state index contributed by atoms with van der Waals surface area (Å²) >= 11 is 0. The summed E-state index contributed by atoms with van der Waals surface area (Å²) in [6, 6.07) is 18.4. The fraction of sp³-hybridized carbons (Fsp3) is 0.0526. The van der Waals surface area contributed by atoms with Crippen molar-refractivity contribution >= 4 is 11.9 Å². The monoisotopic (exact) mass is 305 g/mol. The molecule has 1 aromatic heterocycles. The molecule has 0 radical (unpaired) electrons. The summed E-state index contributed by atoms with van der Waals surface area (Å²) < 4.78 is 6.25. The van der Waals surface area contributed by atoms with Crippen LogP contribution >= 0.6 is 0 Å². The molecule has 0 unspecified atom stereocenters. The first-order valence-electron chi connectivity index (χ1n) is 7.16. The second-order valence-corrected chi connectivity index (χ2v) is 5.02. The Morgan fingerprint density at radius 2 is 1.48 bits per heavy atom. The minimum atomic E-state index is -0.469. The van der Waals surface area contributed by atoms with Crippen molar-refractivity contribution in [1.82, 2.24) is 4.57 Å². The third-order valence-corrected chi connectivity index (χ3v) is 3.57. The average Bonchev–Trinajstić information content (AvgIpc) is 3.07. The van der Waals surface area contributed by atoms with Gasteiger partial charge in [-0.05, 0) is 17.7 Å². The molecule has 1 heterocycles. The van der Waals surface area contributed by atoms with Gasteiger partial charge >= 0.3 is 5.97 Å². The van der Waals surface area contributed by atoms with Crippen molar-refractivity contribution < 1.29 is 14.3 Å². The van der Waals surface area contributed by atoms with Crippen LogP contribution in [-0.2, 0) is 4.74 Å². The standard InChI is InChI=1S/C19H15NO3/c1-23-19(22)17-13-20(18(21)15-10-6-3-7-11-15)12-16(17)14-8-4-2-5-9-14/h2-13H,1H3. The van der Waals surface area contributed by atoms with Gasteiger partial charge in [0.05, 0.1) is 12.7 Å². The summed E-state index contributed by atoms with van der Waals surface area (Å²) in [5.41, 5.74) is 2.44. The van der Waals surface area contributed by atoms with Crippen LogP contribution < -0.4 is 0 Å². The molecule has 3 rings (SSSR count). The number of carbonyl (C=O) groups is 2. The summed E-state index contributed by atoms with van der Waals surface area (Å²) in [7, 11) is 1.33. The third-order valence-electron chi connectivity index (χ3n) is 3.57. The molecule has 0 atom stereocenters. The summed E-state index contributed by atoms with van der Waals surface area (Å²) in [4.78, 5) is 24.6. The number of carbonyl (C=O) groups excluding carboxylic acids is 2. The first-order chi connectivity index (χ1) is 11.2. The maximum absolute atomic E-state index is 12.6. The molecule has 0 aliphatic rings. The van der Waals surface area contributed by atoms with Gasteiger partial charge < -0.3 is 4.74 Å². The molecule has 0 saturated heterocycles. The molecule has 0 fully saturated rings. The highest BCUT2D eigenvalue weighted by Gasteiger charge is 2.19. The zero-order chi connectivity index (χ0) is 16.2. The Morgan fingerprint density at radius 1 is 0.870 bits per heavy atom. The Morgan fingerprint density at radius 3 is 2.09 bits per heavy atom. The lowest BCUT2D eigenvalue weighted by Crippen LogP contribution is -2.09. The maximum atomic E-state index is 12.6. The second kappa shape index (κ2) is 6.32. The van der Waals surface area contributed by atoms with Gasteiger partial charge in [-0.15, -0.1) is 0 Å². The molecule has 0 amide bonds. The molecular weight excluding hydrogens is 290 g/mol. The van der Waals surface area contributed by atoms with Gasteiger partial charge in [-0.2, -0.15) is 0 Å². The molecule has 4 nitrogen and oxygen atoms in total. The van der Waals surface area contributed by atoms with Gasteiger partial charge in [-0.1, -0.05) is 48.5 Å². The van der Waals surface area contributed by atoms with Gasteiger partial charge in [-0.3, -0.25) is 9.36 Å². The number of hydrogen-bond acceptors (Lipinski definition) is 3. The Balaban J connectivity index is 2.09. The predicted molar refractivity (Wildman–Crippen MR) is 87.4 cm³/mol. The van der Waals surface area contributed by atoms with Crippen molar-refractivity contribution in [2.75, 3.05) is 7.11 Å². The molecule has 114 valence electrons. The second-order valence-electron chi connectivity index (χ2n) is 5.02. The van der Waals surface area contributed by atoms with Crippen LogP contribution in [0.25, 0.3) is 11.1 Å². The Bertz CT molecular complexity index is 836. The van der Waals surface area contributed by atoms with Gasteiger partial charge in [0, 0.05) is 23.5 Å². The number of ether oxygens (including phenoxy) is 1. The molecule has 2 aromatic carbocycles. The van der Waals surface area contributed by atoms with Crippen LogP contribution in [0, 0.1) is 0 Å². The number of aromatic nitrogens is 1. The van der Waals surface area contributed by atoms with Crippen molar-refractivity contribution in [1.29, 1.82) is 0 Å². The largest absolute Gasteiger partial charge is 0.465 e. The van der Waals surface area contributed by atoms with Gasteiger partial charge in [0.15, 0.2) is 0 Å². The lowest BCUT2D eigenvalue weighted by molar-refractivity contribution is 0.0601. The zero-order valence-corrected chi connectivity index (χ0v) is 12.6. The van der Waals surface area contributed by atoms with E-state index >= 15 is 0 Å². The van der Waals surface area contributed by atoms with Crippen molar-refractivity contribution in [3.63, 3.8) is 0 Å². The van der Waals surface area contributed by atoms with Crippen molar-refractivity contribution in [2.24, 2.45) is 0 Å². The molecule has 0 saturated carbocycles. The van der Waals surface area contributed by atoms with E-state index in [0.717, 1.165) is 5.56 Å². The van der Waals surface area contributed by atoms with Crippen LogP contribution in [0.1, 0.15) is 20.7 Å². The average molecular weight is 305 g/mol. The van der Waals surface area contributed by atoms with Gasteiger partial charge in [0.25, 0.3) is 5.91 Å². The topological polar surface area (TPSA) is 48.3 Å². The molecular formula is C19H15NO3. The van der Waals surface area contributed by atoms with Crippen LogP contribution in [0.4, 0.5) is 0 Å². The van der Waals surface area contributed by atoms with E-state index in [4.69, 9.17) is 4.74 Å². The lowest BCUT2D eigenvalue weighted by atomic mass is 10.1. The summed E-state index contributed by atoms with van der Waals surface area (Å²) in [6.07, 6.45) is 3.18. The molecule has 0 N–H and O–H groups in total. The van der Waals surface area contributed by atoms with E-state index in [1.54, 1.807) is 30.5 Å². The molecule has 0 aliphatic carbocycles. The van der Waals surface area contributed by atoms with E-state index in [1.807, 2.05) is 36.4 Å². The Hall–Kier alpha value is -3.14. The normalized spacial score (nSPS) is 10.3. The minimum Gasteiger partial charge on any atom is -0.465 e. The number of hydrogen-bond donors (Lipinski definition) is 0. The van der Waals surface area contributed by atoms with Crippen molar-refractivity contribution in [2.45, 2.75) is 0 Å². The van der Waals surface area contributed by atoms with E-state index in [9.17, 15) is 9.59 Å². The highest BCUT2D eigenvalue weighted by Crippen LogP contribution is 2.26. The molecule has 0 spiro atoms. The summed E-state index contributed by atoms with van der Waals surface area (Å²) in [5.74, 6) is -0.665. The smallest absolute Gasteiger partial charge is 0.340 e. The molecule has 4 heteroatoms. The lowest BCUT2D eigenvalue weighted by Gasteiger charge is -2.01. The quantitative estimate of drug-likeness (QED) is 0.694. The van der Waals surface area contributed by atoms with Crippen LogP contribution in [0.3, 0.4) is 0 Å². The molecule has 3 aromatic rings. The van der Waals surface area contributed by atoms with Gasteiger partial charge in [0.2, 0.25) is 0 Å². The van der Waals surface area contributed by atoms with E-state index < -0.39 is 5.97 Å². The number of rotatable bonds is 3. The number of nitrogens with zero attached hydrogens (tertiary/aromatic N) is 1. The fourth-order valence-electron chi connectivity index (χ4n) is 2.42. The highest BCUT2D eigenvalue weighted by atomic mass is 16.5. The zero-order valence-electron chi connectivity index (χ0n) is 12.6. The minimum absolute atomic E-state index is 0.196. The first kappa shape index (κ1) is 14.8. The van der Waals surface area contributed by atoms with Crippen LogP contribution in [0.5, 0.6) is 0 Å². The van der Waals surface area contributed by atoms with Crippen LogP contribution in [0.2, 0.25) is 0 Å². The Kier molecular flexibility index (Phi) is 4.06. The van der Waals surface area contributed by atoms with Crippen LogP contribution in [-0.4, -0.2) is 23.6 Å². The Labute approximate surface area is 133 Å². The maximum Gasteiger partial charge on any atom is 0.340 e. The van der Waals surface area contributed by atoms with E-state index in [1.165, 1.54) is 17.9 Å². The summed E-state index contributed by atoms with van der Waals surface area (Å²) in [6.45, 7) is 0. The van der Waals surface area contributed by atoms with E-state index in [-0.39, 0.29) is 5.91 Å². The van der Waals surface area contributed by atoms with Gasteiger partial charge in [-0.25, -0.2) is 4.79 Å². The van der Waals surface area contributed by atoms with E-state index in [0.29, 0.717) is 16.7 Å². The number of benzene rings is 2. The highest BCUT2D eigenvalue weighted by molar-refractivity contribution is 6.01. The first-order valence-corrected chi connectivity index (χ1v) is 7.16. The SMILES string of the molecule is COC(=O)c1cn(C(=O)c2ccccc2)cc1-c1ccccc1. The third kappa shape index (κ3) is 2.92. The van der Waals surface area contributed by atoms with Crippen molar-refractivity contribution in [3.05, 3.63) is 84.2 Å². The molecule has 0 bridgehead atoms. The van der Waals surface area contributed by atoms with Crippen LogP contribution in [0.15, 0.2) is 73.1 Å². The predicted octanol–water partition coefficient (Wildman–Crippen LogP) is 3.63. The number of methoxy groups -OCH3 is 1. The number of esters is 1. The molecule has 0 aliphatic heterocycles. The molecule has 23 heavy (non-hydrogen) atoms.